The van der Waals surface area contributed by atoms with Gasteiger partial charge in [-0.25, -0.2) is 0 Å². The summed E-state index contributed by atoms with van der Waals surface area (Å²) in [6.45, 7) is 4.85. The number of aliphatic hydroxyl groups is 1. The number of carbonyl (C=O) groups is 4. The monoisotopic (exact) mass is 520 g/mol. The van der Waals surface area contributed by atoms with Crippen LogP contribution < -0.4 is 0 Å². The van der Waals surface area contributed by atoms with E-state index < -0.39 is 46.9 Å². The molecule has 7 nitrogen and oxygen atoms in total. The highest BCUT2D eigenvalue weighted by Gasteiger charge is 2.70. The first-order chi connectivity index (χ1) is 18.0. The zero-order valence-corrected chi connectivity index (χ0v) is 22.3. The van der Waals surface area contributed by atoms with Gasteiger partial charge in [-0.15, -0.1) is 0 Å². The molecule has 1 N–H and O–H groups in total. The fourth-order valence-electron chi connectivity index (χ4n) is 8.32. The second kappa shape index (κ2) is 9.60. The summed E-state index contributed by atoms with van der Waals surface area (Å²) < 4.78 is 11.3. The van der Waals surface area contributed by atoms with E-state index >= 15 is 0 Å². The zero-order valence-electron chi connectivity index (χ0n) is 22.3. The lowest BCUT2D eigenvalue weighted by Gasteiger charge is -2.59. The molecule has 38 heavy (non-hydrogen) atoms. The molecule has 7 atom stereocenters. The van der Waals surface area contributed by atoms with Gasteiger partial charge in [0.1, 0.15) is 0 Å². The van der Waals surface area contributed by atoms with E-state index in [1.807, 2.05) is 43.3 Å². The Labute approximate surface area is 223 Å². The number of carbonyl (C=O) groups excluding carboxylic acids is 4. The van der Waals surface area contributed by atoms with Gasteiger partial charge in [0.15, 0.2) is 18.0 Å². The van der Waals surface area contributed by atoms with E-state index in [1.54, 1.807) is 12.2 Å². The molecule has 7 heteroatoms. The Bertz CT molecular complexity index is 1220. The van der Waals surface area contributed by atoms with Crippen molar-refractivity contribution in [1.29, 1.82) is 0 Å². The molecule has 3 saturated carbocycles. The van der Waals surface area contributed by atoms with Crippen LogP contribution in [0.1, 0.15) is 58.4 Å². The minimum absolute atomic E-state index is 0.0202. The van der Waals surface area contributed by atoms with Crippen molar-refractivity contribution >= 4 is 23.5 Å². The zero-order chi connectivity index (χ0) is 27.3. The van der Waals surface area contributed by atoms with Crippen molar-refractivity contribution < 1.29 is 33.8 Å². The number of benzene rings is 1. The number of hydrogen-bond acceptors (Lipinski definition) is 7. The number of ether oxygens (including phenoxy) is 2. The van der Waals surface area contributed by atoms with Gasteiger partial charge in [-0.3, -0.25) is 19.2 Å². The Balaban J connectivity index is 1.40. The van der Waals surface area contributed by atoms with Gasteiger partial charge in [-0.05, 0) is 61.7 Å². The number of Topliss-reactive ketones (excluding diaryl/α,β-unsaturated/α-hetero) is 1. The van der Waals surface area contributed by atoms with Gasteiger partial charge in [0.05, 0.1) is 12.5 Å². The maximum atomic E-state index is 13.8. The highest BCUT2D eigenvalue weighted by molar-refractivity contribution is 6.01. The predicted octanol–water partition coefficient (Wildman–Crippen LogP) is 3.92. The van der Waals surface area contributed by atoms with Crippen LogP contribution in [0.5, 0.6) is 0 Å². The van der Waals surface area contributed by atoms with Crippen LogP contribution in [-0.2, 0) is 35.1 Å². The van der Waals surface area contributed by atoms with E-state index in [1.165, 1.54) is 6.92 Å². The Morgan fingerprint density at radius 2 is 1.84 bits per heavy atom. The van der Waals surface area contributed by atoms with Gasteiger partial charge >= 0.3 is 11.9 Å². The SMILES string of the molecule is CC(=O)O[C@]1(C(=O)COC(=O)Cc2ccccc2)CC[C@H]2[C@@H]3CCC4=CC(=O)C=C[C@]4(C)[C@H]3C(O)C[C@@]21C. The molecule has 0 aromatic heterocycles. The van der Waals surface area contributed by atoms with Gasteiger partial charge in [0.25, 0.3) is 0 Å². The average molecular weight is 521 g/mol. The maximum absolute atomic E-state index is 13.8. The lowest BCUT2D eigenvalue weighted by atomic mass is 9.46. The minimum Gasteiger partial charge on any atom is -0.457 e. The highest BCUT2D eigenvalue weighted by Crippen LogP contribution is 2.67. The van der Waals surface area contributed by atoms with Crippen LogP contribution in [0, 0.1) is 28.6 Å². The van der Waals surface area contributed by atoms with Crippen molar-refractivity contribution in [1.82, 2.24) is 0 Å². The lowest BCUT2D eigenvalue weighted by molar-refractivity contribution is -0.199. The van der Waals surface area contributed by atoms with E-state index in [4.69, 9.17) is 9.47 Å². The van der Waals surface area contributed by atoms with Crippen LogP contribution in [0.15, 0.2) is 54.1 Å². The molecule has 3 fully saturated rings. The smallest absolute Gasteiger partial charge is 0.310 e. The summed E-state index contributed by atoms with van der Waals surface area (Å²) in [6, 6.07) is 9.14. The lowest BCUT2D eigenvalue weighted by Crippen LogP contribution is -2.63. The van der Waals surface area contributed by atoms with Crippen LogP contribution in [0.25, 0.3) is 0 Å². The molecule has 0 amide bonds. The van der Waals surface area contributed by atoms with E-state index in [0.29, 0.717) is 12.8 Å². The van der Waals surface area contributed by atoms with E-state index in [-0.39, 0.29) is 36.4 Å². The van der Waals surface area contributed by atoms with Crippen molar-refractivity contribution in [2.24, 2.45) is 28.6 Å². The van der Waals surface area contributed by atoms with Crippen LogP contribution in [0.4, 0.5) is 0 Å². The molecule has 0 spiro atoms. The van der Waals surface area contributed by atoms with Crippen molar-refractivity contribution in [2.75, 3.05) is 6.61 Å². The largest absolute Gasteiger partial charge is 0.457 e. The first-order valence-electron chi connectivity index (χ1n) is 13.5. The third-order valence-electron chi connectivity index (χ3n) is 9.94. The molecule has 4 aliphatic rings. The van der Waals surface area contributed by atoms with Gasteiger partial charge in [-0.2, -0.15) is 0 Å². The normalized spacial score (nSPS) is 37.4. The van der Waals surface area contributed by atoms with Crippen LogP contribution in [0.3, 0.4) is 0 Å². The Morgan fingerprint density at radius 3 is 2.55 bits per heavy atom. The minimum atomic E-state index is -1.47. The van der Waals surface area contributed by atoms with Gasteiger partial charge in [0, 0.05) is 23.7 Å². The number of rotatable bonds is 6. The fourth-order valence-corrected chi connectivity index (χ4v) is 8.32. The summed E-state index contributed by atoms with van der Waals surface area (Å²) in [4.78, 5) is 50.7. The van der Waals surface area contributed by atoms with E-state index in [2.05, 4.69) is 6.92 Å². The summed E-state index contributed by atoms with van der Waals surface area (Å²) in [6.07, 6.45) is 7.35. The topological polar surface area (TPSA) is 107 Å². The van der Waals surface area contributed by atoms with Gasteiger partial charge in [-0.1, -0.05) is 55.8 Å². The van der Waals surface area contributed by atoms with Crippen molar-refractivity contribution in [3.8, 4) is 0 Å². The third kappa shape index (κ3) is 4.15. The molecule has 0 bridgehead atoms. The molecule has 1 aromatic rings. The third-order valence-corrected chi connectivity index (χ3v) is 9.94. The van der Waals surface area contributed by atoms with E-state index in [0.717, 1.165) is 24.0 Å². The van der Waals surface area contributed by atoms with E-state index in [9.17, 15) is 24.3 Å². The summed E-state index contributed by atoms with van der Waals surface area (Å²) in [7, 11) is 0. The standard InChI is InChI=1S/C31H36O7/c1-19(32)38-31(26(35)18-37-27(36)15-20-7-5-4-6-8-20)14-12-24-23-10-9-21-16-22(33)11-13-29(21,2)28(23)25(34)17-30(24,31)3/h4-8,11,13,16,23-25,28,34H,9-10,12,14-15,17-18H2,1-3H3/t23-,24-,25?,28+,29-,30-,31-/m0/s1. The summed E-state index contributed by atoms with van der Waals surface area (Å²) in [5.74, 6) is -1.52. The average Bonchev–Trinajstić information content (AvgIpc) is 3.15. The summed E-state index contributed by atoms with van der Waals surface area (Å²) >= 11 is 0. The molecule has 0 saturated heterocycles. The fraction of sp³-hybridized carbons (Fsp3) is 0.548. The predicted molar refractivity (Wildman–Crippen MR) is 139 cm³/mol. The highest BCUT2D eigenvalue weighted by atomic mass is 16.6. The van der Waals surface area contributed by atoms with Crippen molar-refractivity contribution in [3.63, 3.8) is 0 Å². The van der Waals surface area contributed by atoms with Crippen LogP contribution >= 0.6 is 0 Å². The number of ketones is 2. The second-order valence-electron chi connectivity index (χ2n) is 11.9. The molecule has 5 rings (SSSR count). The van der Waals surface area contributed by atoms with Crippen molar-refractivity contribution in [3.05, 3.63) is 59.7 Å². The number of aliphatic hydroxyl groups excluding tert-OH is 1. The first-order valence-corrected chi connectivity index (χ1v) is 13.5. The summed E-state index contributed by atoms with van der Waals surface area (Å²) in [5.41, 5.74) is -0.876. The summed E-state index contributed by atoms with van der Waals surface area (Å²) in [5, 5.41) is 11.6. The molecule has 202 valence electrons. The molecule has 0 aliphatic heterocycles. The Morgan fingerprint density at radius 1 is 1.11 bits per heavy atom. The van der Waals surface area contributed by atoms with Crippen LogP contribution in [-0.4, -0.2) is 46.9 Å². The number of hydrogen-bond donors (Lipinski definition) is 1. The number of fused-ring (bicyclic) bond motifs is 5. The van der Waals surface area contributed by atoms with Gasteiger partial charge < -0.3 is 14.6 Å². The first kappa shape index (κ1) is 26.5. The quantitative estimate of drug-likeness (QED) is 0.567. The van der Waals surface area contributed by atoms with Crippen LogP contribution in [0.2, 0.25) is 0 Å². The van der Waals surface area contributed by atoms with Gasteiger partial charge in [0.2, 0.25) is 5.78 Å². The number of esters is 2. The molecular weight excluding hydrogens is 484 g/mol. The van der Waals surface area contributed by atoms with Crippen molar-refractivity contribution in [2.45, 2.75) is 71.0 Å². The molecule has 1 aromatic carbocycles. The Kier molecular flexibility index (Phi) is 6.70. The molecule has 0 heterocycles. The molecular formula is C31H36O7. The number of allylic oxidation sites excluding steroid dienone is 4. The molecule has 0 radical (unpaired) electrons. The molecule has 4 aliphatic carbocycles. The second-order valence-corrected chi connectivity index (χ2v) is 11.9. The Hall–Kier alpha value is -3.06. The maximum Gasteiger partial charge on any atom is 0.310 e. The molecule has 1 unspecified atom stereocenters.